The van der Waals surface area contributed by atoms with Gasteiger partial charge >= 0.3 is 0 Å². The van der Waals surface area contributed by atoms with Crippen molar-refractivity contribution in [1.82, 2.24) is 23.5 Å². The molecular formula is C50H27N5O. The minimum absolute atomic E-state index is 0.597. The van der Waals surface area contributed by atoms with E-state index in [0.29, 0.717) is 17.3 Å². The molecule has 0 N–H and O–H groups in total. The van der Waals surface area contributed by atoms with E-state index in [1.807, 2.05) is 12.1 Å². The monoisotopic (exact) mass is 713 g/mol. The summed E-state index contributed by atoms with van der Waals surface area (Å²) in [6, 6.07) is 58.5. The lowest BCUT2D eigenvalue weighted by molar-refractivity contribution is 0.661. The van der Waals surface area contributed by atoms with Crippen molar-refractivity contribution >= 4 is 115 Å². The first-order chi connectivity index (χ1) is 27.8. The van der Waals surface area contributed by atoms with E-state index >= 15 is 0 Å². The van der Waals surface area contributed by atoms with E-state index in [0.717, 1.165) is 54.7 Å². The summed E-state index contributed by atoms with van der Waals surface area (Å²) in [5.74, 6) is 1.31. The molecule has 6 heteroatoms. The molecule has 0 atom stereocenters. The largest absolute Gasteiger partial charge is 0.450 e. The molecule has 0 radical (unpaired) electrons. The van der Waals surface area contributed by atoms with Crippen molar-refractivity contribution in [2.24, 2.45) is 0 Å². The Hall–Kier alpha value is -7.70. The second-order valence-electron chi connectivity index (χ2n) is 14.9. The van der Waals surface area contributed by atoms with Gasteiger partial charge in [-0.1, -0.05) is 115 Å². The normalized spacial score (nSPS) is 12.6. The number of aromatic nitrogens is 5. The Morgan fingerprint density at radius 2 is 0.982 bits per heavy atom. The fourth-order valence-electron chi connectivity index (χ4n) is 9.95. The molecule has 258 valence electrons. The van der Waals surface area contributed by atoms with Gasteiger partial charge in [0.1, 0.15) is 11.1 Å². The highest BCUT2D eigenvalue weighted by Gasteiger charge is 2.28. The quantitative estimate of drug-likeness (QED) is 0.179. The third-order valence-electron chi connectivity index (χ3n) is 12.2. The maximum absolute atomic E-state index is 6.72. The van der Waals surface area contributed by atoms with Crippen molar-refractivity contribution in [3.05, 3.63) is 164 Å². The first kappa shape index (κ1) is 28.8. The van der Waals surface area contributed by atoms with Crippen LogP contribution in [-0.2, 0) is 0 Å². The minimum Gasteiger partial charge on any atom is -0.450 e. The van der Waals surface area contributed by atoms with Gasteiger partial charge in [0.05, 0.1) is 38.6 Å². The Morgan fingerprint density at radius 1 is 0.393 bits per heavy atom. The third-order valence-corrected chi connectivity index (χ3v) is 12.2. The zero-order chi connectivity index (χ0) is 36.2. The van der Waals surface area contributed by atoms with Crippen LogP contribution in [0.1, 0.15) is 0 Å². The van der Waals surface area contributed by atoms with Gasteiger partial charge in [-0.3, -0.25) is 9.13 Å². The highest BCUT2D eigenvalue weighted by Crippen LogP contribution is 2.48. The number of hydrogen-bond acceptors (Lipinski definition) is 3. The van der Waals surface area contributed by atoms with E-state index in [1.54, 1.807) is 0 Å². The van der Waals surface area contributed by atoms with Gasteiger partial charge in [-0.25, -0.2) is 4.98 Å². The van der Waals surface area contributed by atoms with Crippen molar-refractivity contribution in [3.8, 4) is 11.8 Å². The molecule has 0 aliphatic rings. The number of fused-ring (bicyclic) bond motifs is 18. The fourth-order valence-corrected chi connectivity index (χ4v) is 9.95. The Kier molecular flexibility index (Phi) is 5.18. The molecule has 8 aromatic carbocycles. The van der Waals surface area contributed by atoms with E-state index in [4.69, 9.17) is 14.4 Å². The number of furan rings is 1. The van der Waals surface area contributed by atoms with Crippen LogP contribution in [-0.4, -0.2) is 23.5 Å². The van der Waals surface area contributed by atoms with Gasteiger partial charge in [0.2, 0.25) is 5.95 Å². The summed E-state index contributed by atoms with van der Waals surface area (Å²) in [5, 5.41) is 13.1. The molecular weight excluding hydrogens is 687 g/mol. The molecule has 0 saturated heterocycles. The molecule has 6 aromatic heterocycles. The second kappa shape index (κ2) is 10.1. The average molecular weight is 714 g/mol. The van der Waals surface area contributed by atoms with Crippen LogP contribution >= 0.6 is 0 Å². The van der Waals surface area contributed by atoms with E-state index in [-0.39, 0.29) is 0 Å². The van der Waals surface area contributed by atoms with Crippen LogP contribution in [0, 0.1) is 0 Å². The molecule has 6 nitrogen and oxygen atoms in total. The Morgan fingerprint density at radius 3 is 1.73 bits per heavy atom. The van der Waals surface area contributed by atoms with Crippen LogP contribution in [0.5, 0.6) is 0 Å². The van der Waals surface area contributed by atoms with Gasteiger partial charge in [0, 0.05) is 48.5 Å². The Labute approximate surface area is 317 Å². The summed E-state index contributed by atoms with van der Waals surface area (Å²) < 4.78 is 13.8. The van der Waals surface area contributed by atoms with Crippen molar-refractivity contribution in [2.45, 2.75) is 0 Å². The second-order valence-corrected chi connectivity index (χ2v) is 14.9. The number of rotatable bonds is 2. The van der Waals surface area contributed by atoms with Crippen LogP contribution in [0.3, 0.4) is 0 Å². The molecule has 14 rings (SSSR count). The molecule has 0 fully saturated rings. The van der Waals surface area contributed by atoms with E-state index < -0.39 is 0 Å². The molecule has 0 saturated carbocycles. The van der Waals surface area contributed by atoms with Crippen LogP contribution in [0.2, 0.25) is 0 Å². The first-order valence-corrected chi connectivity index (χ1v) is 19.0. The first-order valence-electron chi connectivity index (χ1n) is 19.0. The van der Waals surface area contributed by atoms with E-state index in [9.17, 15) is 0 Å². The van der Waals surface area contributed by atoms with Crippen molar-refractivity contribution < 1.29 is 4.42 Å². The maximum atomic E-state index is 6.72. The Balaban J connectivity index is 1.22. The summed E-state index contributed by atoms with van der Waals surface area (Å²) in [4.78, 5) is 11.1. The molecule has 0 bridgehead atoms. The summed E-state index contributed by atoms with van der Waals surface area (Å²) in [6.45, 7) is 0. The van der Waals surface area contributed by atoms with E-state index in [2.05, 4.69) is 165 Å². The number of benzene rings is 8. The predicted molar refractivity (Wildman–Crippen MR) is 230 cm³/mol. The molecule has 0 aliphatic carbocycles. The lowest BCUT2D eigenvalue weighted by Crippen LogP contribution is -2.06. The summed E-state index contributed by atoms with van der Waals surface area (Å²) >= 11 is 0. The highest BCUT2D eigenvalue weighted by molar-refractivity contribution is 6.36. The third kappa shape index (κ3) is 3.39. The zero-order valence-corrected chi connectivity index (χ0v) is 29.7. The molecule has 0 unspecified atom stereocenters. The lowest BCUT2D eigenvalue weighted by atomic mass is 10.00. The minimum atomic E-state index is 0.597. The van der Waals surface area contributed by atoms with Crippen LogP contribution in [0.25, 0.3) is 126 Å². The van der Waals surface area contributed by atoms with Gasteiger partial charge in [-0.15, -0.1) is 0 Å². The molecule has 56 heavy (non-hydrogen) atoms. The molecule has 0 amide bonds. The molecule has 0 spiro atoms. The van der Waals surface area contributed by atoms with Gasteiger partial charge in [-0.05, 0) is 59.3 Å². The molecule has 0 aliphatic heterocycles. The average Bonchev–Trinajstić information content (AvgIpc) is 4.05. The lowest BCUT2D eigenvalue weighted by Gasteiger charge is -2.12. The number of nitrogens with zero attached hydrogens (tertiary/aromatic N) is 5. The smallest absolute Gasteiger partial charge is 0.237 e. The SMILES string of the molecule is c1ccc2c(c1)ccc1c2c2cc3c4ccccc4n(-c4nc(-n5c6ccccc6c6ccccc65)c5oc6ccccc6c5n4)c3c3c4ccccc4n1c23. The summed E-state index contributed by atoms with van der Waals surface area (Å²) in [5.41, 5.74) is 10.1. The summed E-state index contributed by atoms with van der Waals surface area (Å²) in [6.07, 6.45) is 0. The number of para-hydroxylation sites is 5. The van der Waals surface area contributed by atoms with Gasteiger partial charge in [0.15, 0.2) is 11.4 Å². The van der Waals surface area contributed by atoms with E-state index in [1.165, 1.54) is 54.3 Å². The fraction of sp³-hybridized carbons (Fsp3) is 0. The van der Waals surface area contributed by atoms with Crippen LogP contribution < -0.4 is 0 Å². The molecule has 6 heterocycles. The summed E-state index contributed by atoms with van der Waals surface area (Å²) in [7, 11) is 0. The molecule has 14 aromatic rings. The predicted octanol–water partition coefficient (Wildman–Crippen LogP) is 12.9. The van der Waals surface area contributed by atoms with Gasteiger partial charge in [0.25, 0.3) is 0 Å². The maximum Gasteiger partial charge on any atom is 0.237 e. The number of hydrogen-bond donors (Lipinski definition) is 0. The van der Waals surface area contributed by atoms with Gasteiger partial charge < -0.3 is 8.82 Å². The topological polar surface area (TPSA) is 53.2 Å². The van der Waals surface area contributed by atoms with Crippen molar-refractivity contribution in [1.29, 1.82) is 0 Å². The Bertz CT molecular complexity index is 3960. The van der Waals surface area contributed by atoms with Crippen molar-refractivity contribution in [2.75, 3.05) is 0 Å². The van der Waals surface area contributed by atoms with Crippen LogP contribution in [0.4, 0.5) is 0 Å². The highest BCUT2D eigenvalue weighted by atomic mass is 16.3. The zero-order valence-electron chi connectivity index (χ0n) is 29.7. The van der Waals surface area contributed by atoms with Crippen LogP contribution in [0.15, 0.2) is 168 Å². The van der Waals surface area contributed by atoms with Gasteiger partial charge in [-0.2, -0.15) is 4.98 Å². The standard InChI is InChI=1S/C50H27N5O/c1-2-14-29-28(13-1)25-26-41-43(29)36-27-35-32-17-5-10-22-39(32)55(46(35)44-33-18-6-11-23-40(33)53(41)47(36)44)50-51-45-34-19-7-12-24-42(34)56-48(45)49(52-50)54-37-20-8-3-15-30(37)31-16-4-9-21-38(31)54/h1-27H. The van der Waals surface area contributed by atoms with Crippen molar-refractivity contribution in [3.63, 3.8) is 0 Å².